The van der Waals surface area contributed by atoms with Crippen molar-refractivity contribution in [3.05, 3.63) is 22.2 Å². The Labute approximate surface area is 107 Å². The first kappa shape index (κ1) is 11.9. The van der Waals surface area contributed by atoms with Crippen LogP contribution in [0.2, 0.25) is 0 Å². The summed E-state index contributed by atoms with van der Waals surface area (Å²) in [6.07, 6.45) is 0. The number of carbonyl (C=O) groups is 2. The fraction of sp³-hybridized carbons (Fsp3) is 0.273. The number of carbonyl (C=O) groups excluding carboxylic acids is 2. The number of benzene rings is 1. The summed E-state index contributed by atoms with van der Waals surface area (Å²) in [5, 5.41) is 5.77. The first-order valence-corrected chi connectivity index (χ1v) is 5.81. The summed E-state index contributed by atoms with van der Waals surface area (Å²) in [5.41, 5.74) is 1.73. The standard InChI is InChI=1S/C11H11BrN2O3/c1-5-10(15)14-8-3-6(11(16)17-2)7(12)4-9(8)13-5/h3-5,13H,1-2H3,(H,14,15). The van der Waals surface area contributed by atoms with Gasteiger partial charge in [0.25, 0.3) is 0 Å². The van der Waals surface area contributed by atoms with Gasteiger partial charge in [-0.25, -0.2) is 4.79 Å². The summed E-state index contributed by atoms with van der Waals surface area (Å²) in [7, 11) is 1.31. The summed E-state index contributed by atoms with van der Waals surface area (Å²) in [4.78, 5) is 23.0. The number of methoxy groups -OCH3 is 1. The Morgan fingerprint density at radius 2 is 2.12 bits per heavy atom. The van der Waals surface area contributed by atoms with E-state index in [0.29, 0.717) is 15.7 Å². The van der Waals surface area contributed by atoms with Crippen molar-refractivity contribution in [2.24, 2.45) is 0 Å². The molecule has 5 nitrogen and oxygen atoms in total. The highest BCUT2D eigenvalue weighted by molar-refractivity contribution is 9.10. The van der Waals surface area contributed by atoms with Crippen molar-refractivity contribution in [3.63, 3.8) is 0 Å². The van der Waals surface area contributed by atoms with Crippen LogP contribution in [0.25, 0.3) is 0 Å². The van der Waals surface area contributed by atoms with E-state index in [2.05, 4.69) is 31.3 Å². The molecule has 0 aliphatic carbocycles. The normalized spacial score (nSPS) is 17.8. The van der Waals surface area contributed by atoms with Gasteiger partial charge >= 0.3 is 5.97 Å². The Hall–Kier alpha value is -1.56. The summed E-state index contributed by atoms with van der Waals surface area (Å²) in [5.74, 6) is -0.580. The van der Waals surface area contributed by atoms with Crippen LogP contribution in [-0.4, -0.2) is 25.0 Å². The molecular weight excluding hydrogens is 288 g/mol. The van der Waals surface area contributed by atoms with Crippen LogP contribution in [0.15, 0.2) is 16.6 Å². The van der Waals surface area contributed by atoms with Crippen LogP contribution in [-0.2, 0) is 9.53 Å². The van der Waals surface area contributed by atoms with E-state index in [4.69, 9.17) is 0 Å². The zero-order chi connectivity index (χ0) is 12.6. The summed E-state index contributed by atoms with van der Waals surface area (Å²) in [6.45, 7) is 1.76. The maximum absolute atomic E-state index is 11.5. The number of hydrogen-bond donors (Lipinski definition) is 2. The summed E-state index contributed by atoms with van der Waals surface area (Å²) in [6, 6.07) is 3.04. The van der Waals surface area contributed by atoms with Gasteiger partial charge in [-0.1, -0.05) is 0 Å². The monoisotopic (exact) mass is 298 g/mol. The van der Waals surface area contributed by atoms with E-state index in [0.717, 1.165) is 5.69 Å². The molecule has 2 rings (SSSR count). The molecule has 1 unspecified atom stereocenters. The minimum atomic E-state index is -0.451. The zero-order valence-electron chi connectivity index (χ0n) is 9.33. The molecule has 1 amide bonds. The van der Waals surface area contributed by atoms with E-state index in [1.54, 1.807) is 19.1 Å². The van der Waals surface area contributed by atoms with E-state index < -0.39 is 5.97 Å². The molecule has 90 valence electrons. The Balaban J connectivity index is 2.46. The van der Waals surface area contributed by atoms with E-state index in [1.807, 2.05) is 0 Å². The van der Waals surface area contributed by atoms with Gasteiger partial charge in [-0.3, -0.25) is 4.79 Å². The zero-order valence-corrected chi connectivity index (χ0v) is 10.9. The van der Waals surface area contributed by atoms with E-state index in [9.17, 15) is 9.59 Å². The van der Waals surface area contributed by atoms with E-state index in [1.165, 1.54) is 7.11 Å². The van der Waals surface area contributed by atoms with E-state index in [-0.39, 0.29) is 11.9 Å². The molecule has 2 N–H and O–H groups in total. The molecule has 0 spiro atoms. The SMILES string of the molecule is COC(=O)c1cc2c(cc1Br)NC(C)C(=O)N2. The predicted octanol–water partition coefficient (Wildman–Crippen LogP) is 1.99. The predicted molar refractivity (Wildman–Crippen MR) is 67.2 cm³/mol. The van der Waals surface area contributed by atoms with Crippen molar-refractivity contribution < 1.29 is 14.3 Å². The van der Waals surface area contributed by atoms with Crippen molar-refractivity contribution in [1.82, 2.24) is 0 Å². The van der Waals surface area contributed by atoms with E-state index >= 15 is 0 Å². The minimum absolute atomic E-state index is 0.129. The number of amides is 1. The molecule has 1 aliphatic heterocycles. The van der Waals surface area contributed by atoms with Crippen molar-refractivity contribution in [1.29, 1.82) is 0 Å². The maximum atomic E-state index is 11.5. The second-order valence-electron chi connectivity index (χ2n) is 3.72. The van der Waals surface area contributed by atoms with Crippen molar-refractivity contribution in [2.45, 2.75) is 13.0 Å². The third-order valence-corrected chi connectivity index (χ3v) is 3.19. The number of halogens is 1. The molecule has 1 heterocycles. The second kappa shape index (κ2) is 4.37. The first-order valence-electron chi connectivity index (χ1n) is 5.02. The van der Waals surface area contributed by atoms with Crippen LogP contribution in [0.5, 0.6) is 0 Å². The lowest BCUT2D eigenvalue weighted by Gasteiger charge is -2.25. The van der Waals surface area contributed by atoms with Gasteiger partial charge in [0.05, 0.1) is 24.0 Å². The van der Waals surface area contributed by atoms with Crippen LogP contribution >= 0.6 is 15.9 Å². The highest BCUT2D eigenvalue weighted by Crippen LogP contribution is 2.33. The van der Waals surface area contributed by atoms with Crippen molar-refractivity contribution in [2.75, 3.05) is 17.7 Å². The molecule has 0 saturated carbocycles. The Kier molecular flexibility index (Phi) is 3.06. The third-order valence-electron chi connectivity index (χ3n) is 2.54. The van der Waals surface area contributed by atoms with Gasteiger partial charge in [0.1, 0.15) is 6.04 Å². The Bertz CT molecular complexity index is 502. The largest absolute Gasteiger partial charge is 0.465 e. The smallest absolute Gasteiger partial charge is 0.339 e. The summed E-state index contributed by atoms with van der Waals surface area (Å²) >= 11 is 3.30. The number of hydrogen-bond acceptors (Lipinski definition) is 4. The number of fused-ring (bicyclic) bond motifs is 1. The average molecular weight is 299 g/mol. The lowest BCUT2D eigenvalue weighted by molar-refractivity contribution is -0.116. The average Bonchev–Trinajstić information content (AvgIpc) is 2.30. The molecule has 1 aromatic carbocycles. The maximum Gasteiger partial charge on any atom is 0.339 e. The lowest BCUT2D eigenvalue weighted by Crippen LogP contribution is -2.36. The van der Waals surface area contributed by atoms with Crippen LogP contribution < -0.4 is 10.6 Å². The van der Waals surface area contributed by atoms with Gasteiger partial charge in [-0.05, 0) is 35.0 Å². The van der Waals surface area contributed by atoms with Crippen LogP contribution in [0, 0.1) is 0 Å². The molecule has 17 heavy (non-hydrogen) atoms. The fourth-order valence-corrected chi connectivity index (χ4v) is 2.11. The first-order chi connectivity index (χ1) is 8.02. The van der Waals surface area contributed by atoms with Crippen molar-refractivity contribution in [3.8, 4) is 0 Å². The van der Waals surface area contributed by atoms with Gasteiger partial charge in [0, 0.05) is 4.47 Å². The van der Waals surface area contributed by atoms with Gasteiger partial charge in [0.2, 0.25) is 5.91 Å². The molecular formula is C11H11BrN2O3. The highest BCUT2D eigenvalue weighted by atomic mass is 79.9. The Morgan fingerprint density at radius 1 is 1.41 bits per heavy atom. The quantitative estimate of drug-likeness (QED) is 0.778. The lowest BCUT2D eigenvalue weighted by atomic mass is 10.1. The molecule has 0 saturated heterocycles. The molecule has 6 heteroatoms. The third kappa shape index (κ3) is 2.12. The van der Waals surface area contributed by atoms with Crippen LogP contribution in [0.3, 0.4) is 0 Å². The number of anilines is 2. The highest BCUT2D eigenvalue weighted by Gasteiger charge is 2.24. The van der Waals surface area contributed by atoms with Crippen LogP contribution in [0.1, 0.15) is 17.3 Å². The number of esters is 1. The molecule has 0 radical (unpaired) electrons. The number of nitrogens with one attached hydrogen (secondary N) is 2. The number of ether oxygens (including phenoxy) is 1. The fourth-order valence-electron chi connectivity index (χ4n) is 1.60. The molecule has 1 aromatic rings. The number of rotatable bonds is 1. The molecule has 0 fully saturated rings. The van der Waals surface area contributed by atoms with Crippen molar-refractivity contribution >= 4 is 39.2 Å². The van der Waals surface area contributed by atoms with Gasteiger partial charge < -0.3 is 15.4 Å². The second-order valence-corrected chi connectivity index (χ2v) is 4.58. The topological polar surface area (TPSA) is 67.4 Å². The molecule has 0 aromatic heterocycles. The molecule has 0 bridgehead atoms. The summed E-state index contributed by atoms with van der Waals surface area (Å²) < 4.78 is 5.28. The minimum Gasteiger partial charge on any atom is -0.465 e. The van der Waals surface area contributed by atoms with Gasteiger partial charge in [-0.15, -0.1) is 0 Å². The molecule has 1 aliphatic rings. The molecule has 1 atom stereocenters. The van der Waals surface area contributed by atoms with Gasteiger partial charge in [-0.2, -0.15) is 0 Å². The van der Waals surface area contributed by atoms with Crippen LogP contribution in [0.4, 0.5) is 11.4 Å². The Morgan fingerprint density at radius 3 is 2.76 bits per heavy atom. The van der Waals surface area contributed by atoms with Gasteiger partial charge in [0.15, 0.2) is 0 Å².